The van der Waals surface area contributed by atoms with Crippen molar-refractivity contribution >= 4 is 34.1 Å². The van der Waals surface area contributed by atoms with Gasteiger partial charge in [-0.3, -0.25) is 0 Å². The van der Waals surface area contributed by atoms with Crippen molar-refractivity contribution in [3.63, 3.8) is 0 Å². The molecule has 1 rings (SSSR count). The molecule has 0 atom stereocenters. The summed E-state index contributed by atoms with van der Waals surface area (Å²) >= 11 is 3.63. The normalized spacial score (nSPS) is 10.1. The molecule has 0 aromatic carbocycles. The summed E-state index contributed by atoms with van der Waals surface area (Å²) in [6.45, 7) is 2.06. The number of hydrogen-bond acceptors (Lipinski definition) is 3. The number of hydrogen-bond donors (Lipinski definition) is 1. The largest absolute Gasteiger partial charge is 0.390 e. The van der Waals surface area contributed by atoms with Crippen LogP contribution < -0.4 is 0 Å². The van der Waals surface area contributed by atoms with Gasteiger partial charge in [0.05, 0.1) is 15.9 Å². The van der Waals surface area contributed by atoms with Gasteiger partial charge >= 0.3 is 0 Å². The molecule has 0 spiro atoms. The quantitative estimate of drug-likeness (QED) is 0.772. The fraction of sp³-hybridized carbons (Fsp3) is 0.400. The predicted molar refractivity (Wildman–Crippen MR) is 45.5 cm³/mol. The molecule has 0 aliphatic carbocycles. The Morgan fingerprint density at radius 3 is 2.67 bits per heavy atom. The number of rotatable bonds is 1. The molecule has 1 aromatic rings. The standard InChI is InChI=1S/C5H6INOS/c1-3-5(6)4(2-8)7-9-3/h8H,2H2,1H3. The molecule has 0 amide bonds. The first kappa shape index (κ1) is 7.43. The SMILES string of the molecule is Cc1snc(CO)c1I. The lowest BCUT2D eigenvalue weighted by atomic mass is 10.4. The van der Waals surface area contributed by atoms with Gasteiger partial charge in [0.1, 0.15) is 0 Å². The van der Waals surface area contributed by atoms with E-state index < -0.39 is 0 Å². The minimum Gasteiger partial charge on any atom is -0.390 e. The van der Waals surface area contributed by atoms with Crippen LogP contribution in [0, 0.1) is 10.5 Å². The van der Waals surface area contributed by atoms with E-state index in [9.17, 15) is 0 Å². The van der Waals surface area contributed by atoms with Gasteiger partial charge < -0.3 is 5.11 Å². The van der Waals surface area contributed by atoms with Gasteiger partial charge in [0.15, 0.2) is 0 Å². The van der Waals surface area contributed by atoms with Gasteiger partial charge in [-0.1, -0.05) is 0 Å². The van der Waals surface area contributed by atoms with Crippen molar-refractivity contribution in [2.45, 2.75) is 13.5 Å². The third-order valence-electron chi connectivity index (χ3n) is 1.00. The van der Waals surface area contributed by atoms with Crippen LogP contribution in [0.15, 0.2) is 0 Å². The summed E-state index contributed by atoms with van der Waals surface area (Å²) in [6, 6.07) is 0. The molecule has 50 valence electrons. The zero-order valence-corrected chi connectivity index (χ0v) is 7.86. The maximum atomic E-state index is 8.67. The number of aliphatic hydroxyl groups excluding tert-OH is 1. The second-order valence-corrected chi connectivity index (χ2v) is 3.71. The van der Waals surface area contributed by atoms with Gasteiger partial charge in [-0.2, -0.15) is 4.37 Å². The Hall–Kier alpha value is 0.320. The molecule has 0 saturated carbocycles. The lowest BCUT2D eigenvalue weighted by molar-refractivity contribution is 0.277. The Kier molecular flexibility index (Phi) is 2.42. The highest BCUT2D eigenvalue weighted by molar-refractivity contribution is 14.1. The van der Waals surface area contributed by atoms with Gasteiger partial charge in [-0.05, 0) is 41.0 Å². The van der Waals surface area contributed by atoms with Crippen LogP contribution in [0.25, 0.3) is 0 Å². The van der Waals surface area contributed by atoms with Crippen LogP contribution in [-0.2, 0) is 6.61 Å². The highest BCUT2D eigenvalue weighted by atomic mass is 127. The Labute approximate surface area is 71.2 Å². The summed E-state index contributed by atoms with van der Waals surface area (Å²) in [5.41, 5.74) is 0.804. The Bertz CT molecular complexity index is 211. The van der Waals surface area contributed by atoms with Crippen molar-refractivity contribution in [2.75, 3.05) is 0 Å². The molecule has 0 fully saturated rings. The molecule has 1 heterocycles. The van der Waals surface area contributed by atoms with Crippen molar-refractivity contribution in [2.24, 2.45) is 0 Å². The van der Waals surface area contributed by atoms with Gasteiger partial charge in [-0.25, -0.2) is 0 Å². The molecular weight excluding hydrogens is 249 g/mol. The van der Waals surface area contributed by atoms with Crippen LogP contribution in [0.5, 0.6) is 0 Å². The first-order valence-electron chi connectivity index (χ1n) is 2.47. The third-order valence-corrected chi connectivity index (χ3v) is 3.59. The molecule has 1 N–H and O–H groups in total. The van der Waals surface area contributed by atoms with Crippen molar-refractivity contribution in [3.8, 4) is 0 Å². The van der Waals surface area contributed by atoms with Gasteiger partial charge in [0.2, 0.25) is 0 Å². The van der Waals surface area contributed by atoms with Crippen LogP contribution in [0.1, 0.15) is 10.6 Å². The van der Waals surface area contributed by atoms with E-state index in [1.54, 1.807) is 0 Å². The van der Waals surface area contributed by atoms with Gasteiger partial charge in [0, 0.05) is 4.88 Å². The lowest BCUT2D eigenvalue weighted by Gasteiger charge is -1.86. The molecule has 4 heteroatoms. The molecule has 2 nitrogen and oxygen atoms in total. The first-order valence-corrected chi connectivity index (χ1v) is 4.32. The van der Waals surface area contributed by atoms with Gasteiger partial charge in [-0.15, -0.1) is 0 Å². The van der Waals surface area contributed by atoms with Crippen LogP contribution >= 0.6 is 34.1 Å². The van der Waals surface area contributed by atoms with E-state index in [2.05, 4.69) is 27.0 Å². The summed E-state index contributed by atoms with van der Waals surface area (Å²) in [6.07, 6.45) is 0. The highest BCUT2D eigenvalue weighted by Crippen LogP contribution is 2.19. The third kappa shape index (κ3) is 1.42. The van der Waals surface area contributed by atoms with Crippen LogP contribution in [-0.4, -0.2) is 9.48 Å². The summed E-state index contributed by atoms with van der Waals surface area (Å²) in [7, 11) is 0. The summed E-state index contributed by atoms with van der Waals surface area (Å²) < 4.78 is 5.12. The minimum atomic E-state index is 0.0581. The number of aryl methyl sites for hydroxylation is 1. The maximum Gasteiger partial charge on any atom is 0.0932 e. The van der Waals surface area contributed by atoms with E-state index in [4.69, 9.17) is 5.11 Å². The summed E-state index contributed by atoms with van der Waals surface area (Å²) in [4.78, 5) is 1.18. The van der Waals surface area contributed by atoms with Crippen LogP contribution in [0.3, 0.4) is 0 Å². The van der Waals surface area contributed by atoms with E-state index in [1.165, 1.54) is 16.4 Å². The average molecular weight is 255 g/mol. The lowest BCUT2D eigenvalue weighted by Crippen LogP contribution is -1.84. The van der Waals surface area contributed by atoms with E-state index in [0.717, 1.165) is 9.26 Å². The summed E-state index contributed by atoms with van der Waals surface area (Å²) in [5.74, 6) is 0. The Morgan fingerprint density at radius 1 is 1.78 bits per heavy atom. The van der Waals surface area contributed by atoms with E-state index in [-0.39, 0.29) is 6.61 Å². The number of halogens is 1. The fourth-order valence-corrected chi connectivity index (χ4v) is 1.85. The monoisotopic (exact) mass is 255 g/mol. The molecule has 0 unspecified atom stereocenters. The van der Waals surface area contributed by atoms with Crippen molar-refractivity contribution in [1.29, 1.82) is 0 Å². The second-order valence-electron chi connectivity index (χ2n) is 1.66. The van der Waals surface area contributed by atoms with E-state index >= 15 is 0 Å². The molecule has 0 bridgehead atoms. The zero-order chi connectivity index (χ0) is 6.85. The number of aliphatic hydroxyl groups is 1. The molecule has 0 saturated heterocycles. The molecule has 0 aliphatic rings. The molecule has 0 aliphatic heterocycles. The second kappa shape index (κ2) is 2.94. The van der Waals surface area contributed by atoms with Crippen LogP contribution in [0.4, 0.5) is 0 Å². The zero-order valence-electron chi connectivity index (χ0n) is 4.89. The predicted octanol–water partition coefficient (Wildman–Crippen LogP) is 1.55. The molecule has 9 heavy (non-hydrogen) atoms. The molecule has 0 radical (unpaired) electrons. The Morgan fingerprint density at radius 2 is 2.44 bits per heavy atom. The van der Waals surface area contributed by atoms with E-state index in [1.807, 2.05) is 6.92 Å². The average Bonchev–Trinajstić information content (AvgIpc) is 2.15. The van der Waals surface area contributed by atoms with E-state index in [0.29, 0.717) is 0 Å². The van der Waals surface area contributed by atoms with Crippen molar-refractivity contribution in [3.05, 3.63) is 14.1 Å². The topological polar surface area (TPSA) is 33.1 Å². The Balaban J connectivity index is 3.04. The molecule has 1 aromatic heterocycles. The summed E-state index contributed by atoms with van der Waals surface area (Å²) in [5, 5.41) is 8.67. The smallest absolute Gasteiger partial charge is 0.0932 e. The van der Waals surface area contributed by atoms with Crippen molar-refractivity contribution < 1.29 is 5.11 Å². The maximum absolute atomic E-state index is 8.67. The number of aromatic nitrogens is 1. The minimum absolute atomic E-state index is 0.0581. The van der Waals surface area contributed by atoms with Gasteiger partial charge in [0.25, 0.3) is 0 Å². The highest BCUT2D eigenvalue weighted by Gasteiger charge is 2.04. The first-order chi connectivity index (χ1) is 4.25. The van der Waals surface area contributed by atoms with Crippen molar-refractivity contribution in [1.82, 2.24) is 4.37 Å². The molecular formula is C5H6INOS. The number of nitrogens with zero attached hydrogens (tertiary/aromatic N) is 1. The fourth-order valence-electron chi connectivity index (χ4n) is 0.505. The van der Waals surface area contributed by atoms with Crippen LogP contribution in [0.2, 0.25) is 0 Å².